The van der Waals surface area contributed by atoms with Gasteiger partial charge in [0.2, 0.25) is 0 Å². The molecule has 1 saturated heterocycles. The Hall–Kier alpha value is -2.05. The highest BCUT2D eigenvalue weighted by atomic mass is 35.5. The molecule has 0 atom stereocenters. The van der Waals surface area contributed by atoms with E-state index in [0.29, 0.717) is 34.1 Å². The summed E-state index contributed by atoms with van der Waals surface area (Å²) in [6.07, 6.45) is 5.50. The zero-order chi connectivity index (χ0) is 20.1. The highest BCUT2D eigenvalue weighted by Gasteiger charge is 2.24. The minimum Gasteiger partial charge on any atom is -0.489 e. The third-order valence-corrected chi connectivity index (χ3v) is 4.99. The van der Waals surface area contributed by atoms with Crippen LogP contribution in [-0.4, -0.2) is 46.5 Å². The maximum Gasteiger partial charge on any atom is 0.251 e. The smallest absolute Gasteiger partial charge is 0.251 e. The number of hydrogen-bond acceptors (Lipinski definition) is 4. The molecule has 1 amide bonds. The molecule has 3 rings (SSSR count). The first-order valence-corrected chi connectivity index (χ1v) is 10.1. The van der Waals surface area contributed by atoms with Crippen molar-refractivity contribution in [1.29, 1.82) is 0 Å². The van der Waals surface area contributed by atoms with Crippen LogP contribution in [0.5, 0.6) is 5.75 Å². The van der Waals surface area contributed by atoms with Crippen molar-refractivity contribution < 1.29 is 9.53 Å². The van der Waals surface area contributed by atoms with E-state index in [1.165, 1.54) is 0 Å². The predicted octanol–water partition coefficient (Wildman–Crippen LogP) is 3.88. The van der Waals surface area contributed by atoms with E-state index in [1.54, 1.807) is 30.6 Å². The number of amides is 1. The van der Waals surface area contributed by atoms with Crippen LogP contribution in [0.1, 0.15) is 49.8 Å². The van der Waals surface area contributed by atoms with Crippen LogP contribution in [-0.2, 0) is 6.54 Å². The highest BCUT2D eigenvalue weighted by Crippen LogP contribution is 2.29. The minimum atomic E-state index is -0.194. The topological polar surface area (TPSA) is 70.2 Å². The van der Waals surface area contributed by atoms with Gasteiger partial charge in [0, 0.05) is 37.6 Å². The van der Waals surface area contributed by atoms with Crippen molar-refractivity contribution in [3.63, 3.8) is 0 Å². The molecule has 1 aromatic heterocycles. The summed E-state index contributed by atoms with van der Waals surface area (Å²) in [5.41, 5.74) is 0.813. The molecule has 2 N–H and O–H groups in total. The fourth-order valence-electron chi connectivity index (χ4n) is 3.43. The molecule has 2 heterocycles. The van der Waals surface area contributed by atoms with E-state index in [4.69, 9.17) is 16.3 Å². The number of benzene rings is 1. The number of nitrogens with one attached hydrogen (secondary N) is 2. The Morgan fingerprint density at radius 3 is 2.71 bits per heavy atom. The molecule has 0 saturated carbocycles. The monoisotopic (exact) mass is 404 g/mol. The molecule has 152 valence electrons. The summed E-state index contributed by atoms with van der Waals surface area (Å²) in [5.74, 6) is 1.15. The summed E-state index contributed by atoms with van der Waals surface area (Å²) in [4.78, 5) is 21.8. The molecule has 0 bridgehead atoms. The van der Waals surface area contributed by atoms with Crippen molar-refractivity contribution in [2.75, 3.05) is 19.6 Å². The van der Waals surface area contributed by atoms with Crippen LogP contribution in [0.3, 0.4) is 0 Å². The Bertz CT molecular complexity index is 778. The van der Waals surface area contributed by atoms with Crippen LogP contribution in [0.4, 0.5) is 0 Å². The summed E-state index contributed by atoms with van der Waals surface area (Å²) < 4.78 is 6.11. The van der Waals surface area contributed by atoms with Crippen LogP contribution >= 0.6 is 11.6 Å². The van der Waals surface area contributed by atoms with Gasteiger partial charge < -0.3 is 19.9 Å². The number of H-pyrrole nitrogens is 1. The summed E-state index contributed by atoms with van der Waals surface area (Å²) in [5, 5.41) is 3.28. The molecule has 0 unspecified atom stereocenters. The zero-order valence-corrected chi connectivity index (χ0v) is 17.6. The molecule has 1 aliphatic rings. The van der Waals surface area contributed by atoms with Gasteiger partial charge >= 0.3 is 0 Å². The van der Waals surface area contributed by atoms with Gasteiger partial charge in [-0.15, -0.1) is 0 Å². The third-order valence-electron chi connectivity index (χ3n) is 4.69. The summed E-state index contributed by atoms with van der Waals surface area (Å²) >= 11 is 6.37. The van der Waals surface area contributed by atoms with Gasteiger partial charge in [0.15, 0.2) is 0 Å². The maximum atomic E-state index is 12.3. The van der Waals surface area contributed by atoms with Crippen molar-refractivity contribution in [3.8, 4) is 5.75 Å². The number of rotatable bonds is 6. The van der Waals surface area contributed by atoms with E-state index < -0.39 is 0 Å². The van der Waals surface area contributed by atoms with Crippen LogP contribution in [0.2, 0.25) is 5.02 Å². The van der Waals surface area contributed by atoms with Crippen molar-refractivity contribution in [2.24, 2.45) is 5.41 Å². The number of carbonyl (C=O) groups is 1. The molecule has 7 heteroatoms. The van der Waals surface area contributed by atoms with Crippen molar-refractivity contribution in [3.05, 3.63) is 47.0 Å². The quantitative estimate of drug-likeness (QED) is 0.766. The fraction of sp³-hybridized carbons (Fsp3) is 0.524. The number of aromatic amines is 1. The van der Waals surface area contributed by atoms with Gasteiger partial charge in [-0.3, -0.25) is 4.79 Å². The molecule has 2 aromatic rings. The standard InChI is InChI=1S/C21H29ClN4O2/c1-21(2,3)14-26-10-6-16(7-11-26)28-18-5-4-15(12-17(18)22)20(27)25-13-19-23-8-9-24-19/h4-5,8-9,12,16H,6-7,10-11,13-14H2,1-3H3,(H,23,24)(H,25,27). The van der Waals surface area contributed by atoms with Gasteiger partial charge in [-0.25, -0.2) is 4.98 Å². The van der Waals surface area contributed by atoms with E-state index in [9.17, 15) is 4.79 Å². The second kappa shape index (κ2) is 8.97. The van der Waals surface area contributed by atoms with Gasteiger partial charge in [0.05, 0.1) is 11.6 Å². The molecular weight excluding hydrogens is 376 g/mol. The summed E-state index contributed by atoms with van der Waals surface area (Å²) in [6.45, 7) is 10.3. The van der Waals surface area contributed by atoms with Gasteiger partial charge in [-0.05, 0) is 36.5 Å². The van der Waals surface area contributed by atoms with E-state index >= 15 is 0 Å². The van der Waals surface area contributed by atoms with E-state index in [2.05, 4.69) is 41.0 Å². The van der Waals surface area contributed by atoms with Crippen molar-refractivity contribution in [1.82, 2.24) is 20.2 Å². The van der Waals surface area contributed by atoms with Crippen molar-refractivity contribution >= 4 is 17.5 Å². The van der Waals surface area contributed by atoms with Crippen LogP contribution in [0, 0.1) is 5.41 Å². The lowest BCUT2D eigenvalue weighted by molar-refractivity contribution is 0.0811. The minimum absolute atomic E-state index is 0.160. The molecule has 0 aliphatic carbocycles. The zero-order valence-electron chi connectivity index (χ0n) is 16.8. The Morgan fingerprint density at radius 2 is 2.11 bits per heavy atom. The Morgan fingerprint density at radius 1 is 1.36 bits per heavy atom. The van der Waals surface area contributed by atoms with Gasteiger partial charge in [-0.2, -0.15) is 0 Å². The second-order valence-corrected chi connectivity index (χ2v) is 8.92. The average molecular weight is 405 g/mol. The first-order chi connectivity index (χ1) is 13.3. The Kier molecular flexibility index (Phi) is 6.62. The lowest BCUT2D eigenvalue weighted by Crippen LogP contribution is -2.42. The number of halogens is 1. The predicted molar refractivity (Wildman–Crippen MR) is 111 cm³/mol. The maximum absolute atomic E-state index is 12.3. The van der Waals surface area contributed by atoms with Crippen LogP contribution < -0.4 is 10.1 Å². The first-order valence-electron chi connectivity index (χ1n) is 9.75. The third kappa shape index (κ3) is 5.97. The second-order valence-electron chi connectivity index (χ2n) is 8.52. The number of nitrogens with zero attached hydrogens (tertiary/aromatic N) is 2. The molecule has 1 aromatic carbocycles. The lowest BCUT2D eigenvalue weighted by Gasteiger charge is -2.36. The van der Waals surface area contributed by atoms with Crippen molar-refractivity contribution in [2.45, 2.75) is 46.3 Å². The van der Waals surface area contributed by atoms with Crippen LogP contribution in [0.15, 0.2) is 30.6 Å². The summed E-state index contributed by atoms with van der Waals surface area (Å²) in [6, 6.07) is 5.18. The molecule has 0 radical (unpaired) electrons. The van der Waals surface area contributed by atoms with Crippen LogP contribution in [0.25, 0.3) is 0 Å². The molecule has 0 spiro atoms. The van der Waals surface area contributed by atoms with Gasteiger partial charge in [0.1, 0.15) is 17.7 Å². The first kappa shape index (κ1) is 20.7. The molecular formula is C21H29ClN4O2. The normalized spacial score (nSPS) is 16.1. The molecule has 1 aliphatic heterocycles. The van der Waals surface area contributed by atoms with Gasteiger partial charge in [0.25, 0.3) is 5.91 Å². The lowest BCUT2D eigenvalue weighted by atomic mass is 9.94. The van der Waals surface area contributed by atoms with E-state index in [-0.39, 0.29) is 12.0 Å². The van der Waals surface area contributed by atoms with E-state index in [1.807, 2.05) is 0 Å². The average Bonchev–Trinajstić information content (AvgIpc) is 3.15. The molecule has 6 nitrogen and oxygen atoms in total. The number of ether oxygens (including phenoxy) is 1. The van der Waals surface area contributed by atoms with E-state index in [0.717, 1.165) is 32.5 Å². The number of carbonyl (C=O) groups excluding carboxylic acids is 1. The molecule has 28 heavy (non-hydrogen) atoms. The van der Waals surface area contributed by atoms with Gasteiger partial charge in [-0.1, -0.05) is 32.4 Å². The molecule has 1 fully saturated rings. The number of aromatic nitrogens is 2. The Balaban J connectivity index is 1.51. The number of piperidine rings is 1. The fourth-order valence-corrected chi connectivity index (χ4v) is 3.66. The largest absolute Gasteiger partial charge is 0.489 e. The summed E-state index contributed by atoms with van der Waals surface area (Å²) in [7, 11) is 0. The number of likely N-dealkylation sites (tertiary alicyclic amines) is 1. The number of hydrogen-bond donors (Lipinski definition) is 2. The SMILES string of the molecule is CC(C)(C)CN1CCC(Oc2ccc(C(=O)NCc3ncc[nH]3)cc2Cl)CC1. The Labute approximate surface area is 171 Å². The number of imidazole rings is 1. The highest BCUT2D eigenvalue weighted by molar-refractivity contribution is 6.32.